The number of hydrogen-bond acceptors (Lipinski definition) is 3. The van der Waals surface area contributed by atoms with Crippen molar-refractivity contribution in [1.29, 1.82) is 5.41 Å². The average molecular weight is 221 g/mol. The minimum atomic E-state index is -0.462. The molecule has 0 fully saturated rings. The number of benzene rings is 1. The number of rotatable bonds is 3. The van der Waals surface area contributed by atoms with Gasteiger partial charge in [0, 0.05) is 12.6 Å². The van der Waals surface area contributed by atoms with E-state index in [0.29, 0.717) is 17.9 Å². The van der Waals surface area contributed by atoms with Gasteiger partial charge < -0.3 is 10.5 Å². The maximum absolute atomic E-state index is 11.5. The van der Waals surface area contributed by atoms with Gasteiger partial charge in [0.1, 0.15) is 5.84 Å². The highest BCUT2D eigenvalue weighted by atomic mass is 16.6. The molecule has 1 aromatic carbocycles. The van der Waals surface area contributed by atoms with Gasteiger partial charge in [-0.15, -0.1) is 0 Å². The normalized spacial score (nSPS) is 9.62. The highest BCUT2D eigenvalue weighted by Crippen LogP contribution is 2.19. The highest BCUT2D eigenvalue weighted by Gasteiger charge is 2.15. The first-order valence-corrected chi connectivity index (χ1v) is 4.91. The van der Waals surface area contributed by atoms with Crippen LogP contribution < -0.4 is 10.6 Å². The second kappa shape index (κ2) is 5.16. The number of anilines is 1. The van der Waals surface area contributed by atoms with E-state index in [0.717, 1.165) is 0 Å². The number of amidine groups is 1. The smallest absolute Gasteiger partial charge is 0.414 e. The van der Waals surface area contributed by atoms with Crippen LogP contribution in [0.3, 0.4) is 0 Å². The Morgan fingerprint density at radius 3 is 2.69 bits per heavy atom. The maximum atomic E-state index is 11.5. The summed E-state index contributed by atoms with van der Waals surface area (Å²) in [5.74, 6) is -0.0771. The van der Waals surface area contributed by atoms with E-state index in [1.54, 1.807) is 38.2 Å². The summed E-state index contributed by atoms with van der Waals surface area (Å²) in [4.78, 5) is 12.8. The molecule has 1 aromatic rings. The zero-order valence-electron chi connectivity index (χ0n) is 9.36. The number of nitrogen functional groups attached to an aromatic ring is 1. The van der Waals surface area contributed by atoms with Crippen molar-refractivity contribution < 1.29 is 9.53 Å². The minimum Gasteiger partial charge on any atom is -0.449 e. The number of amides is 1. The van der Waals surface area contributed by atoms with E-state index in [-0.39, 0.29) is 5.84 Å². The molecule has 5 heteroatoms. The van der Waals surface area contributed by atoms with Gasteiger partial charge >= 0.3 is 6.09 Å². The fourth-order valence-electron chi connectivity index (χ4n) is 1.31. The number of carbonyl (C=O) groups excluding carboxylic acids is 1. The third-order valence-corrected chi connectivity index (χ3v) is 2.10. The van der Waals surface area contributed by atoms with E-state index in [4.69, 9.17) is 15.9 Å². The predicted molar refractivity (Wildman–Crippen MR) is 62.9 cm³/mol. The van der Waals surface area contributed by atoms with Crippen LogP contribution in [0.15, 0.2) is 24.3 Å². The average Bonchev–Trinajstić information content (AvgIpc) is 2.28. The summed E-state index contributed by atoms with van der Waals surface area (Å²) < 4.78 is 4.87. The molecule has 1 rings (SSSR count). The van der Waals surface area contributed by atoms with Crippen molar-refractivity contribution in [3.63, 3.8) is 0 Å². The molecule has 0 bridgehead atoms. The zero-order valence-corrected chi connectivity index (χ0v) is 9.36. The molecular weight excluding hydrogens is 206 g/mol. The molecule has 0 aromatic heterocycles. The van der Waals surface area contributed by atoms with Gasteiger partial charge in [-0.1, -0.05) is 12.1 Å². The second-order valence-corrected chi connectivity index (χ2v) is 3.19. The lowest BCUT2D eigenvalue weighted by molar-refractivity contribution is 0.161. The number of carbonyl (C=O) groups is 1. The molecule has 0 aliphatic rings. The maximum Gasteiger partial charge on any atom is 0.414 e. The van der Waals surface area contributed by atoms with Crippen molar-refractivity contribution in [3.8, 4) is 0 Å². The molecule has 0 aliphatic carbocycles. The van der Waals surface area contributed by atoms with Gasteiger partial charge in [0.15, 0.2) is 0 Å². The van der Waals surface area contributed by atoms with Gasteiger partial charge in [-0.2, -0.15) is 0 Å². The van der Waals surface area contributed by atoms with Crippen LogP contribution in [0.4, 0.5) is 10.5 Å². The van der Waals surface area contributed by atoms with Gasteiger partial charge in [-0.3, -0.25) is 10.3 Å². The second-order valence-electron chi connectivity index (χ2n) is 3.19. The molecule has 0 atom stereocenters. The van der Waals surface area contributed by atoms with E-state index >= 15 is 0 Å². The van der Waals surface area contributed by atoms with E-state index < -0.39 is 6.09 Å². The Labute approximate surface area is 94.3 Å². The van der Waals surface area contributed by atoms with E-state index in [1.807, 2.05) is 0 Å². The predicted octanol–water partition coefficient (Wildman–Crippen LogP) is 1.56. The Kier molecular flexibility index (Phi) is 3.88. The molecule has 0 radical (unpaired) electrons. The van der Waals surface area contributed by atoms with Crippen molar-refractivity contribution in [1.82, 2.24) is 0 Å². The molecule has 0 spiro atoms. The van der Waals surface area contributed by atoms with Gasteiger partial charge in [0.25, 0.3) is 0 Å². The molecule has 86 valence electrons. The van der Waals surface area contributed by atoms with Crippen molar-refractivity contribution in [2.75, 3.05) is 18.6 Å². The van der Waals surface area contributed by atoms with Crippen molar-refractivity contribution in [2.24, 2.45) is 5.73 Å². The lowest BCUT2D eigenvalue weighted by atomic mass is 10.1. The number of nitrogens with zero attached hydrogens (tertiary/aromatic N) is 1. The lowest BCUT2D eigenvalue weighted by Gasteiger charge is -2.19. The number of nitrogens with one attached hydrogen (secondary N) is 1. The standard InChI is InChI=1S/C11H15N3O2/c1-3-16-11(15)14(2)9-7-5-4-6-8(9)10(12)13/h4-7H,3H2,1-2H3,(H3,12,13). The van der Waals surface area contributed by atoms with Gasteiger partial charge in [-0.05, 0) is 19.1 Å². The summed E-state index contributed by atoms with van der Waals surface area (Å²) in [6.07, 6.45) is -0.462. The summed E-state index contributed by atoms with van der Waals surface area (Å²) >= 11 is 0. The van der Waals surface area contributed by atoms with Gasteiger partial charge in [0.2, 0.25) is 0 Å². The van der Waals surface area contributed by atoms with Crippen LogP contribution in [-0.2, 0) is 4.74 Å². The molecular formula is C11H15N3O2. The van der Waals surface area contributed by atoms with Crippen molar-refractivity contribution >= 4 is 17.6 Å². The van der Waals surface area contributed by atoms with E-state index in [9.17, 15) is 4.79 Å². The Morgan fingerprint density at radius 2 is 2.12 bits per heavy atom. The van der Waals surface area contributed by atoms with Crippen LogP contribution in [0.25, 0.3) is 0 Å². The molecule has 5 nitrogen and oxygen atoms in total. The molecule has 0 unspecified atom stereocenters. The lowest BCUT2D eigenvalue weighted by Crippen LogP contribution is -2.29. The molecule has 0 saturated carbocycles. The summed E-state index contributed by atoms with van der Waals surface area (Å²) in [6.45, 7) is 2.05. The van der Waals surface area contributed by atoms with Crippen LogP contribution in [0.5, 0.6) is 0 Å². The Morgan fingerprint density at radius 1 is 1.50 bits per heavy atom. The Hall–Kier alpha value is -2.04. The summed E-state index contributed by atoms with van der Waals surface area (Å²) in [7, 11) is 1.58. The van der Waals surface area contributed by atoms with E-state index in [2.05, 4.69) is 0 Å². The van der Waals surface area contributed by atoms with Crippen LogP contribution in [-0.4, -0.2) is 25.6 Å². The Balaban J connectivity index is 3.03. The van der Waals surface area contributed by atoms with Crippen LogP contribution in [0, 0.1) is 5.41 Å². The van der Waals surface area contributed by atoms with Crippen LogP contribution in [0.2, 0.25) is 0 Å². The molecule has 3 N–H and O–H groups in total. The molecule has 0 aliphatic heterocycles. The van der Waals surface area contributed by atoms with Gasteiger partial charge in [0.05, 0.1) is 12.3 Å². The van der Waals surface area contributed by atoms with Gasteiger partial charge in [-0.25, -0.2) is 4.79 Å². The SMILES string of the molecule is CCOC(=O)N(C)c1ccccc1C(=N)N. The first-order chi connectivity index (χ1) is 7.57. The first kappa shape index (κ1) is 12.0. The largest absolute Gasteiger partial charge is 0.449 e. The first-order valence-electron chi connectivity index (χ1n) is 4.91. The highest BCUT2D eigenvalue weighted by molar-refractivity contribution is 6.03. The molecule has 0 heterocycles. The van der Waals surface area contributed by atoms with Crippen LogP contribution in [0.1, 0.15) is 12.5 Å². The molecule has 1 amide bonds. The monoisotopic (exact) mass is 221 g/mol. The van der Waals surface area contributed by atoms with Crippen molar-refractivity contribution in [3.05, 3.63) is 29.8 Å². The molecule has 16 heavy (non-hydrogen) atoms. The Bertz CT molecular complexity index is 404. The van der Waals surface area contributed by atoms with E-state index in [1.165, 1.54) is 4.90 Å². The fraction of sp³-hybridized carbons (Fsp3) is 0.273. The molecule has 0 saturated heterocycles. The number of ether oxygens (including phenoxy) is 1. The van der Waals surface area contributed by atoms with Crippen LogP contribution >= 0.6 is 0 Å². The zero-order chi connectivity index (χ0) is 12.1. The third-order valence-electron chi connectivity index (χ3n) is 2.10. The third kappa shape index (κ3) is 2.50. The summed E-state index contributed by atoms with van der Waals surface area (Å²) in [6, 6.07) is 6.94. The van der Waals surface area contributed by atoms with Crippen molar-refractivity contribution in [2.45, 2.75) is 6.92 Å². The fourth-order valence-corrected chi connectivity index (χ4v) is 1.31. The number of hydrogen-bond donors (Lipinski definition) is 2. The summed E-state index contributed by atoms with van der Waals surface area (Å²) in [5.41, 5.74) is 6.51. The minimum absolute atomic E-state index is 0.0771. The topological polar surface area (TPSA) is 79.4 Å². The summed E-state index contributed by atoms with van der Waals surface area (Å²) in [5, 5.41) is 7.41. The number of para-hydroxylation sites is 1. The number of nitrogens with two attached hydrogens (primary N) is 1. The quantitative estimate of drug-likeness (QED) is 0.600.